The summed E-state index contributed by atoms with van der Waals surface area (Å²) in [4.78, 5) is 0. The monoisotopic (exact) mass is 240 g/mol. The van der Waals surface area contributed by atoms with Crippen molar-refractivity contribution in [1.29, 1.82) is 0 Å². The molecule has 0 N–H and O–H groups in total. The summed E-state index contributed by atoms with van der Waals surface area (Å²) in [7, 11) is 0. The van der Waals surface area contributed by atoms with Crippen LogP contribution in [0.4, 0.5) is 8.78 Å². The van der Waals surface area contributed by atoms with Crippen LogP contribution < -0.4 is 4.74 Å². The van der Waals surface area contributed by atoms with Crippen LogP contribution in [0, 0.1) is 11.6 Å². The molecule has 0 bridgehead atoms. The molecule has 1 aromatic rings. The van der Waals surface area contributed by atoms with Crippen molar-refractivity contribution in [2.75, 3.05) is 13.2 Å². The van der Waals surface area contributed by atoms with Crippen molar-refractivity contribution >= 4 is 6.08 Å². The standard InChI is InChI=1S/C13H14F2O2/c1-2-9-7-12(15)13(8-11(9)14)17-10-3-5-16-6-4-10/h2,7-8,10H,1,3-6H2. The minimum absolute atomic E-state index is 0.0417. The van der Waals surface area contributed by atoms with Crippen LogP contribution in [0.15, 0.2) is 18.7 Å². The Bertz CT molecular complexity index is 412. The lowest BCUT2D eigenvalue weighted by atomic mass is 10.1. The van der Waals surface area contributed by atoms with Crippen molar-refractivity contribution in [3.05, 3.63) is 35.9 Å². The van der Waals surface area contributed by atoms with Gasteiger partial charge in [0.2, 0.25) is 0 Å². The lowest BCUT2D eigenvalue weighted by molar-refractivity contribution is 0.0239. The van der Waals surface area contributed by atoms with Crippen LogP contribution >= 0.6 is 0 Å². The summed E-state index contributed by atoms with van der Waals surface area (Å²) < 4.78 is 37.6. The summed E-state index contributed by atoms with van der Waals surface area (Å²) in [5.74, 6) is -1.13. The predicted molar refractivity (Wildman–Crippen MR) is 60.9 cm³/mol. The number of benzene rings is 1. The molecule has 0 radical (unpaired) electrons. The summed E-state index contributed by atoms with van der Waals surface area (Å²) >= 11 is 0. The average molecular weight is 240 g/mol. The molecule has 4 heteroatoms. The second-order valence-corrected chi connectivity index (χ2v) is 3.94. The molecule has 1 saturated heterocycles. The second-order valence-electron chi connectivity index (χ2n) is 3.94. The Morgan fingerprint density at radius 1 is 1.24 bits per heavy atom. The van der Waals surface area contributed by atoms with Gasteiger partial charge in [0.15, 0.2) is 11.6 Å². The molecule has 0 unspecified atom stereocenters. The maximum atomic E-state index is 13.6. The molecule has 1 fully saturated rings. The highest BCUT2D eigenvalue weighted by molar-refractivity contribution is 5.50. The van der Waals surface area contributed by atoms with Gasteiger partial charge in [0.1, 0.15) is 11.9 Å². The molecule has 0 amide bonds. The Hall–Kier alpha value is -1.42. The molecule has 1 heterocycles. The minimum Gasteiger partial charge on any atom is -0.487 e. The summed E-state index contributed by atoms with van der Waals surface area (Å²) in [5, 5.41) is 0. The van der Waals surface area contributed by atoms with Gasteiger partial charge in [-0.2, -0.15) is 0 Å². The molecule has 0 aliphatic carbocycles. The molecule has 17 heavy (non-hydrogen) atoms. The first-order chi connectivity index (χ1) is 8.20. The summed E-state index contributed by atoms with van der Waals surface area (Å²) in [5.41, 5.74) is 0.141. The second kappa shape index (κ2) is 5.27. The van der Waals surface area contributed by atoms with E-state index >= 15 is 0 Å². The van der Waals surface area contributed by atoms with Crippen LogP contribution in [0.3, 0.4) is 0 Å². The normalized spacial score (nSPS) is 16.8. The number of rotatable bonds is 3. The summed E-state index contributed by atoms with van der Waals surface area (Å²) in [6.07, 6.45) is 2.57. The van der Waals surface area contributed by atoms with Gasteiger partial charge in [0, 0.05) is 24.5 Å². The van der Waals surface area contributed by atoms with E-state index in [1.54, 1.807) is 0 Å². The first-order valence-electron chi connectivity index (χ1n) is 5.56. The number of hydrogen-bond acceptors (Lipinski definition) is 2. The molecule has 2 rings (SSSR count). The van der Waals surface area contributed by atoms with Gasteiger partial charge in [-0.25, -0.2) is 8.78 Å². The van der Waals surface area contributed by atoms with Crippen molar-refractivity contribution in [3.63, 3.8) is 0 Å². The van der Waals surface area contributed by atoms with E-state index in [1.807, 2.05) is 0 Å². The molecule has 92 valence electrons. The quantitative estimate of drug-likeness (QED) is 0.808. The van der Waals surface area contributed by atoms with Gasteiger partial charge in [-0.05, 0) is 6.07 Å². The molecule has 1 aliphatic rings. The Balaban J connectivity index is 2.14. The van der Waals surface area contributed by atoms with E-state index in [0.29, 0.717) is 26.1 Å². The SMILES string of the molecule is C=Cc1cc(F)c(OC2CCOCC2)cc1F. The maximum absolute atomic E-state index is 13.6. The van der Waals surface area contributed by atoms with Crippen molar-refractivity contribution < 1.29 is 18.3 Å². The Morgan fingerprint density at radius 3 is 2.59 bits per heavy atom. The van der Waals surface area contributed by atoms with E-state index in [-0.39, 0.29) is 17.4 Å². The molecular weight excluding hydrogens is 226 g/mol. The largest absolute Gasteiger partial charge is 0.487 e. The van der Waals surface area contributed by atoms with E-state index < -0.39 is 11.6 Å². The Morgan fingerprint density at radius 2 is 1.94 bits per heavy atom. The van der Waals surface area contributed by atoms with Gasteiger partial charge >= 0.3 is 0 Å². The van der Waals surface area contributed by atoms with Crippen molar-refractivity contribution in [2.45, 2.75) is 18.9 Å². The fourth-order valence-corrected chi connectivity index (χ4v) is 1.76. The minimum atomic E-state index is -0.562. The molecule has 0 spiro atoms. The third-order valence-electron chi connectivity index (χ3n) is 2.73. The van der Waals surface area contributed by atoms with Gasteiger partial charge in [0.25, 0.3) is 0 Å². The highest BCUT2D eigenvalue weighted by Gasteiger charge is 2.18. The molecule has 1 aliphatic heterocycles. The number of hydrogen-bond donors (Lipinski definition) is 0. The zero-order chi connectivity index (χ0) is 12.3. The zero-order valence-corrected chi connectivity index (χ0v) is 9.42. The average Bonchev–Trinajstić information content (AvgIpc) is 2.34. The van der Waals surface area contributed by atoms with Gasteiger partial charge in [-0.15, -0.1) is 0 Å². The van der Waals surface area contributed by atoms with Crippen LogP contribution in [0.25, 0.3) is 6.08 Å². The van der Waals surface area contributed by atoms with E-state index in [0.717, 1.165) is 12.1 Å². The highest BCUT2D eigenvalue weighted by atomic mass is 19.1. The van der Waals surface area contributed by atoms with Crippen LogP contribution in [0.1, 0.15) is 18.4 Å². The zero-order valence-electron chi connectivity index (χ0n) is 9.42. The molecular formula is C13H14F2O2. The Labute approximate surface area is 98.8 Å². The fourth-order valence-electron chi connectivity index (χ4n) is 1.76. The predicted octanol–water partition coefficient (Wildman–Crippen LogP) is 3.17. The van der Waals surface area contributed by atoms with Gasteiger partial charge in [-0.1, -0.05) is 12.7 Å². The van der Waals surface area contributed by atoms with Crippen LogP contribution in [-0.2, 0) is 4.74 Å². The molecule has 0 saturated carbocycles. The molecule has 0 aromatic heterocycles. The van der Waals surface area contributed by atoms with Gasteiger partial charge in [0.05, 0.1) is 13.2 Å². The molecule has 1 aromatic carbocycles. The van der Waals surface area contributed by atoms with Crippen molar-refractivity contribution in [1.82, 2.24) is 0 Å². The van der Waals surface area contributed by atoms with E-state index in [9.17, 15) is 8.78 Å². The van der Waals surface area contributed by atoms with Crippen molar-refractivity contribution in [2.24, 2.45) is 0 Å². The maximum Gasteiger partial charge on any atom is 0.165 e. The van der Waals surface area contributed by atoms with Crippen LogP contribution in [0.2, 0.25) is 0 Å². The number of ether oxygens (including phenoxy) is 2. The first-order valence-corrected chi connectivity index (χ1v) is 5.56. The smallest absolute Gasteiger partial charge is 0.165 e. The van der Waals surface area contributed by atoms with E-state index in [2.05, 4.69) is 6.58 Å². The van der Waals surface area contributed by atoms with Crippen molar-refractivity contribution in [3.8, 4) is 5.75 Å². The Kier molecular flexibility index (Phi) is 3.74. The summed E-state index contributed by atoms with van der Waals surface area (Å²) in [6, 6.07) is 2.17. The molecule has 0 atom stereocenters. The highest BCUT2D eigenvalue weighted by Crippen LogP contribution is 2.25. The van der Waals surface area contributed by atoms with E-state index in [4.69, 9.17) is 9.47 Å². The third-order valence-corrected chi connectivity index (χ3v) is 2.73. The number of halogens is 2. The third kappa shape index (κ3) is 2.82. The van der Waals surface area contributed by atoms with Crippen LogP contribution in [-0.4, -0.2) is 19.3 Å². The van der Waals surface area contributed by atoms with Gasteiger partial charge in [-0.3, -0.25) is 0 Å². The molecule has 2 nitrogen and oxygen atoms in total. The fraction of sp³-hybridized carbons (Fsp3) is 0.385. The van der Waals surface area contributed by atoms with E-state index in [1.165, 1.54) is 6.08 Å². The first kappa shape index (κ1) is 12.0. The topological polar surface area (TPSA) is 18.5 Å². The lowest BCUT2D eigenvalue weighted by Crippen LogP contribution is -2.26. The summed E-state index contributed by atoms with van der Waals surface area (Å²) in [6.45, 7) is 4.61. The van der Waals surface area contributed by atoms with Crippen LogP contribution in [0.5, 0.6) is 5.75 Å². The van der Waals surface area contributed by atoms with Gasteiger partial charge < -0.3 is 9.47 Å². The lowest BCUT2D eigenvalue weighted by Gasteiger charge is -2.23.